The van der Waals surface area contributed by atoms with E-state index in [2.05, 4.69) is 15.6 Å². The molecular weight excluding hydrogens is 469 g/mol. The summed E-state index contributed by atoms with van der Waals surface area (Å²) in [5, 5.41) is 7.69. The molecule has 0 spiro atoms. The number of halogens is 1. The monoisotopic (exact) mass is 491 g/mol. The average molecular weight is 492 g/mol. The Kier molecular flexibility index (Phi) is 7.40. The van der Waals surface area contributed by atoms with Gasteiger partial charge in [-0.3, -0.25) is 9.59 Å². The number of aromatic nitrogens is 1. The largest absolute Gasteiger partial charge is 0.322 e. The van der Waals surface area contributed by atoms with Gasteiger partial charge in [-0.05, 0) is 74.5 Å². The molecule has 0 aliphatic heterocycles. The molecule has 2 amide bonds. The third-order valence-electron chi connectivity index (χ3n) is 4.95. The van der Waals surface area contributed by atoms with Crippen molar-refractivity contribution in [3.05, 3.63) is 95.1 Å². The highest BCUT2D eigenvalue weighted by atomic mass is 32.2. The molecule has 0 aliphatic carbocycles. The molecule has 1 atom stereocenters. The SMILES string of the molecule is Cc1cccc(C(=O)Nc2ccc(SC(C)C(=O)Nc3nc(-c4ccc(F)cc4)cs3)cc2)c1. The maximum Gasteiger partial charge on any atom is 0.255 e. The summed E-state index contributed by atoms with van der Waals surface area (Å²) in [6.45, 7) is 3.76. The van der Waals surface area contributed by atoms with Crippen molar-refractivity contribution < 1.29 is 14.0 Å². The molecule has 172 valence electrons. The van der Waals surface area contributed by atoms with Crippen molar-refractivity contribution in [3.63, 3.8) is 0 Å². The summed E-state index contributed by atoms with van der Waals surface area (Å²) in [4.78, 5) is 30.4. The van der Waals surface area contributed by atoms with E-state index >= 15 is 0 Å². The molecule has 0 saturated carbocycles. The molecular formula is C26H22FN3O2S2. The van der Waals surface area contributed by atoms with Crippen LogP contribution in [-0.4, -0.2) is 22.0 Å². The summed E-state index contributed by atoms with van der Waals surface area (Å²) in [6.07, 6.45) is 0. The maximum absolute atomic E-state index is 13.1. The number of carbonyl (C=O) groups excluding carboxylic acids is 2. The lowest BCUT2D eigenvalue weighted by Gasteiger charge is -2.11. The molecule has 0 bridgehead atoms. The van der Waals surface area contributed by atoms with Crippen molar-refractivity contribution >= 4 is 45.7 Å². The summed E-state index contributed by atoms with van der Waals surface area (Å²) in [7, 11) is 0. The minimum Gasteiger partial charge on any atom is -0.322 e. The minimum atomic E-state index is -0.356. The van der Waals surface area contributed by atoms with E-state index in [1.54, 1.807) is 18.2 Å². The molecule has 0 aliphatic rings. The second-order valence-electron chi connectivity index (χ2n) is 7.64. The number of nitrogens with zero attached hydrogens (tertiary/aromatic N) is 1. The van der Waals surface area contributed by atoms with E-state index in [-0.39, 0.29) is 22.9 Å². The predicted octanol–water partition coefficient (Wildman–Crippen LogP) is 6.63. The number of hydrogen-bond acceptors (Lipinski definition) is 5. The number of nitrogens with one attached hydrogen (secondary N) is 2. The van der Waals surface area contributed by atoms with Crippen LogP contribution in [0, 0.1) is 12.7 Å². The van der Waals surface area contributed by atoms with Crippen molar-refractivity contribution in [3.8, 4) is 11.3 Å². The van der Waals surface area contributed by atoms with E-state index in [9.17, 15) is 14.0 Å². The molecule has 34 heavy (non-hydrogen) atoms. The van der Waals surface area contributed by atoms with E-state index in [0.29, 0.717) is 22.1 Å². The van der Waals surface area contributed by atoms with Gasteiger partial charge in [-0.15, -0.1) is 23.1 Å². The van der Waals surface area contributed by atoms with Gasteiger partial charge in [0.15, 0.2) is 5.13 Å². The van der Waals surface area contributed by atoms with Crippen molar-refractivity contribution in [1.29, 1.82) is 0 Å². The van der Waals surface area contributed by atoms with Crippen molar-refractivity contribution in [2.24, 2.45) is 0 Å². The Morgan fingerprint density at radius 3 is 2.44 bits per heavy atom. The first-order chi connectivity index (χ1) is 16.4. The fourth-order valence-corrected chi connectivity index (χ4v) is 4.75. The summed E-state index contributed by atoms with van der Waals surface area (Å²) in [5.41, 5.74) is 3.78. The van der Waals surface area contributed by atoms with E-state index < -0.39 is 0 Å². The molecule has 3 aromatic carbocycles. The number of carbonyl (C=O) groups is 2. The van der Waals surface area contributed by atoms with Gasteiger partial charge >= 0.3 is 0 Å². The summed E-state index contributed by atoms with van der Waals surface area (Å²) in [6, 6.07) is 20.9. The van der Waals surface area contributed by atoms with Gasteiger partial charge in [-0.25, -0.2) is 9.37 Å². The third kappa shape index (κ3) is 6.09. The number of anilines is 2. The smallest absolute Gasteiger partial charge is 0.255 e. The van der Waals surface area contributed by atoms with Crippen LogP contribution in [0.5, 0.6) is 0 Å². The highest BCUT2D eigenvalue weighted by Crippen LogP contribution is 2.28. The minimum absolute atomic E-state index is 0.165. The van der Waals surface area contributed by atoms with Crippen molar-refractivity contribution in [2.75, 3.05) is 10.6 Å². The second kappa shape index (κ2) is 10.6. The lowest BCUT2D eigenvalue weighted by atomic mass is 10.1. The zero-order chi connectivity index (χ0) is 24.1. The molecule has 4 rings (SSSR count). The van der Waals surface area contributed by atoms with E-state index in [4.69, 9.17) is 0 Å². The van der Waals surface area contributed by atoms with Crippen molar-refractivity contribution in [1.82, 2.24) is 4.98 Å². The Morgan fingerprint density at radius 1 is 1.00 bits per heavy atom. The second-order valence-corrected chi connectivity index (χ2v) is 9.91. The van der Waals surface area contributed by atoms with Gasteiger partial charge in [0, 0.05) is 27.1 Å². The topological polar surface area (TPSA) is 71.1 Å². The first kappa shape index (κ1) is 23.7. The normalized spacial score (nSPS) is 11.6. The highest BCUT2D eigenvalue weighted by Gasteiger charge is 2.17. The molecule has 2 N–H and O–H groups in total. The quantitative estimate of drug-likeness (QED) is 0.285. The summed E-state index contributed by atoms with van der Waals surface area (Å²) in [5.74, 6) is -0.637. The number of thioether (sulfide) groups is 1. The van der Waals surface area contributed by atoms with Crippen LogP contribution in [-0.2, 0) is 4.79 Å². The van der Waals surface area contributed by atoms with Gasteiger partial charge in [0.05, 0.1) is 10.9 Å². The zero-order valence-electron chi connectivity index (χ0n) is 18.5. The molecule has 1 aromatic heterocycles. The molecule has 1 unspecified atom stereocenters. The standard InChI is InChI=1S/C26H22FN3O2S2/c1-16-4-3-5-19(14-16)25(32)28-21-10-12-22(13-11-21)34-17(2)24(31)30-26-29-23(15-33-26)18-6-8-20(27)9-7-18/h3-15,17H,1-2H3,(H,28,32)(H,29,30,31). The molecule has 0 saturated heterocycles. The van der Waals surface area contributed by atoms with Crippen LogP contribution in [0.3, 0.4) is 0 Å². The molecule has 0 radical (unpaired) electrons. The Hall–Kier alpha value is -3.49. The van der Waals surface area contributed by atoms with Crippen LogP contribution in [0.25, 0.3) is 11.3 Å². The molecule has 5 nitrogen and oxygen atoms in total. The summed E-state index contributed by atoms with van der Waals surface area (Å²) >= 11 is 2.73. The van der Waals surface area contributed by atoms with Crippen LogP contribution < -0.4 is 10.6 Å². The van der Waals surface area contributed by atoms with Crippen LogP contribution in [0.1, 0.15) is 22.8 Å². The van der Waals surface area contributed by atoms with E-state index in [0.717, 1.165) is 16.0 Å². The first-order valence-corrected chi connectivity index (χ1v) is 12.3. The van der Waals surface area contributed by atoms with Crippen molar-refractivity contribution in [2.45, 2.75) is 24.0 Å². The Morgan fingerprint density at radius 2 is 1.74 bits per heavy atom. The number of thiazole rings is 1. The molecule has 4 aromatic rings. The van der Waals surface area contributed by atoms with Gasteiger partial charge < -0.3 is 10.6 Å². The van der Waals surface area contributed by atoms with Gasteiger partial charge in [0.2, 0.25) is 5.91 Å². The Bertz CT molecular complexity index is 1300. The first-order valence-electron chi connectivity index (χ1n) is 10.5. The molecule has 8 heteroatoms. The lowest BCUT2D eigenvalue weighted by molar-refractivity contribution is -0.115. The number of hydrogen-bond donors (Lipinski definition) is 2. The van der Waals surface area contributed by atoms with Crippen LogP contribution in [0.15, 0.2) is 83.1 Å². The van der Waals surface area contributed by atoms with Gasteiger partial charge in [-0.2, -0.15) is 0 Å². The number of aryl methyl sites for hydroxylation is 1. The summed E-state index contributed by atoms with van der Waals surface area (Å²) < 4.78 is 13.1. The number of amides is 2. The zero-order valence-corrected chi connectivity index (χ0v) is 20.2. The third-order valence-corrected chi connectivity index (χ3v) is 6.82. The molecule has 0 fully saturated rings. The lowest BCUT2D eigenvalue weighted by Crippen LogP contribution is -2.22. The van der Waals surface area contributed by atoms with Gasteiger partial charge in [0.25, 0.3) is 5.91 Å². The highest BCUT2D eigenvalue weighted by molar-refractivity contribution is 8.00. The maximum atomic E-state index is 13.1. The van der Waals surface area contributed by atoms with Crippen LogP contribution in [0.2, 0.25) is 0 Å². The number of benzene rings is 3. The van der Waals surface area contributed by atoms with Gasteiger partial charge in [0.1, 0.15) is 5.82 Å². The fourth-order valence-electron chi connectivity index (χ4n) is 3.16. The Balaban J connectivity index is 1.32. The number of rotatable bonds is 7. The predicted molar refractivity (Wildman–Crippen MR) is 137 cm³/mol. The van der Waals surface area contributed by atoms with Crippen LogP contribution >= 0.6 is 23.1 Å². The van der Waals surface area contributed by atoms with Gasteiger partial charge in [-0.1, -0.05) is 17.7 Å². The fraction of sp³-hybridized carbons (Fsp3) is 0.115. The van der Waals surface area contributed by atoms with Crippen LogP contribution in [0.4, 0.5) is 15.2 Å². The molecule has 1 heterocycles. The average Bonchev–Trinajstić information content (AvgIpc) is 3.29. The Labute approximate surface area is 205 Å². The van der Waals surface area contributed by atoms with E-state index in [1.165, 1.54) is 35.2 Å². The van der Waals surface area contributed by atoms with E-state index in [1.807, 2.05) is 61.7 Å².